The van der Waals surface area contributed by atoms with Gasteiger partial charge in [-0.15, -0.1) is 0 Å². The van der Waals surface area contributed by atoms with Gasteiger partial charge in [0.1, 0.15) is 24.7 Å². The molecule has 0 radical (unpaired) electrons. The van der Waals surface area contributed by atoms with Gasteiger partial charge < -0.3 is 14.2 Å². The molecule has 0 aliphatic rings. The number of nitrogens with zero attached hydrogens (tertiary/aromatic N) is 2. The van der Waals surface area contributed by atoms with Gasteiger partial charge in [0, 0.05) is 0 Å². The first-order valence-corrected chi connectivity index (χ1v) is 7.51. The number of hydrogen-bond donors (Lipinski definition) is 0. The van der Waals surface area contributed by atoms with Crippen LogP contribution in [0.25, 0.3) is 0 Å². The Morgan fingerprint density at radius 3 is 1.40 bits per heavy atom. The van der Waals surface area contributed by atoms with E-state index < -0.39 is 0 Å². The van der Waals surface area contributed by atoms with Gasteiger partial charge in [-0.1, -0.05) is 0 Å². The Labute approximate surface area is 144 Å². The Bertz CT molecular complexity index is 681. The third-order valence-electron chi connectivity index (χ3n) is 3.02. The summed E-state index contributed by atoms with van der Waals surface area (Å²) in [6.45, 7) is 1.64. The lowest BCUT2D eigenvalue weighted by molar-refractivity contribution is 0.0764. The van der Waals surface area contributed by atoms with Gasteiger partial charge >= 0.3 is 0 Å². The number of aliphatic imine (C=N–C) groups is 2. The standard InChI is InChI=1S/C18H16N2O5/c21-13-19-15-1-5-17(6-2-15)24-11-9-23-10-12-25-18-7-3-16(4-8-18)20-14-22/h1-8H,9-12H2. The fourth-order valence-electron chi connectivity index (χ4n) is 1.88. The minimum absolute atomic E-state index is 0.398. The van der Waals surface area contributed by atoms with Gasteiger partial charge in [0.05, 0.1) is 24.6 Å². The van der Waals surface area contributed by atoms with E-state index in [1.54, 1.807) is 48.5 Å². The first-order valence-electron chi connectivity index (χ1n) is 7.51. The number of hydrogen-bond acceptors (Lipinski definition) is 7. The van der Waals surface area contributed by atoms with Crippen LogP contribution in [0.2, 0.25) is 0 Å². The summed E-state index contributed by atoms with van der Waals surface area (Å²) in [6, 6.07) is 13.5. The molecule has 2 rings (SSSR count). The maximum absolute atomic E-state index is 10.1. The molecule has 0 amide bonds. The molecule has 2 aromatic rings. The number of benzene rings is 2. The van der Waals surface area contributed by atoms with Gasteiger partial charge in [-0.3, -0.25) is 0 Å². The fraction of sp³-hybridized carbons (Fsp3) is 0.222. The van der Waals surface area contributed by atoms with E-state index in [2.05, 4.69) is 9.98 Å². The lowest BCUT2D eigenvalue weighted by Gasteiger charge is -2.08. The van der Waals surface area contributed by atoms with Crippen molar-refractivity contribution in [3.05, 3.63) is 48.5 Å². The molecule has 7 nitrogen and oxygen atoms in total. The number of carbonyl (C=O) groups excluding carboxylic acids is 2. The van der Waals surface area contributed by atoms with Crippen LogP contribution in [-0.4, -0.2) is 38.6 Å². The lowest BCUT2D eigenvalue weighted by atomic mass is 10.3. The zero-order valence-electron chi connectivity index (χ0n) is 13.4. The monoisotopic (exact) mass is 340 g/mol. The van der Waals surface area contributed by atoms with E-state index in [1.165, 1.54) is 12.2 Å². The van der Waals surface area contributed by atoms with Crippen LogP contribution < -0.4 is 9.47 Å². The van der Waals surface area contributed by atoms with Crippen molar-refractivity contribution in [2.45, 2.75) is 0 Å². The highest BCUT2D eigenvalue weighted by molar-refractivity contribution is 5.50. The van der Waals surface area contributed by atoms with E-state index in [1.807, 2.05) is 0 Å². The van der Waals surface area contributed by atoms with E-state index in [0.29, 0.717) is 49.3 Å². The Morgan fingerprint density at radius 1 is 0.640 bits per heavy atom. The largest absolute Gasteiger partial charge is 0.491 e. The zero-order valence-corrected chi connectivity index (χ0v) is 13.4. The molecule has 0 aliphatic heterocycles. The van der Waals surface area contributed by atoms with Crippen LogP contribution in [-0.2, 0) is 14.3 Å². The molecule has 0 atom stereocenters. The van der Waals surface area contributed by atoms with E-state index in [4.69, 9.17) is 14.2 Å². The molecule has 0 saturated heterocycles. The first kappa shape index (κ1) is 18.1. The Hall–Kier alpha value is -3.24. The second-order valence-corrected chi connectivity index (χ2v) is 4.70. The molecular weight excluding hydrogens is 324 g/mol. The van der Waals surface area contributed by atoms with E-state index >= 15 is 0 Å². The Balaban J connectivity index is 1.57. The van der Waals surface area contributed by atoms with Crippen molar-refractivity contribution >= 4 is 23.5 Å². The summed E-state index contributed by atoms with van der Waals surface area (Å²) in [4.78, 5) is 27.2. The maximum atomic E-state index is 10.1. The summed E-state index contributed by atoms with van der Waals surface area (Å²) in [5, 5.41) is 0. The molecule has 0 aliphatic carbocycles. The van der Waals surface area contributed by atoms with E-state index in [0.717, 1.165) is 0 Å². The summed E-state index contributed by atoms with van der Waals surface area (Å²) in [7, 11) is 0. The van der Waals surface area contributed by atoms with Crippen LogP contribution in [0.3, 0.4) is 0 Å². The summed E-state index contributed by atoms with van der Waals surface area (Å²) in [5.74, 6) is 1.34. The minimum atomic E-state index is 0.398. The van der Waals surface area contributed by atoms with Gasteiger partial charge in [-0.2, -0.15) is 9.98 Å². The molecule has 0 aromatic heterocycles. The van der Waals surface area contributed by atoms with Crippen LogP contribution >= 0.6 is 0 Å². The van der Waals surface area contributed by atoms with Crippen molar-refractivity contribution in [1.29, 1.82) is 0 Å². The molecule has 2 aromatic carbocycles. The number of ether oxygens (including phenoxy) is 3. The Morgan fingerprint density at radius 2 is 1.04 bits per heavy atom. The highest BCUT2D eigenvalue weighted by atomic mass is 16.5. The molecular formula is C18H16N2O5. The molecule has 0 fully saturated rings. The van der Waals surface area contributed by atoms with Crippen LogP contribution in [0, 0.1) is 0 Å². The molecule has 0 heterocycles. The van der Waals surface area contributed by atoms with Gasteiger partial charge in [-0.25, -0.2) is 9.59 Å². The van der Waals surface area contributed by atoms with Gasteiger partial charge in [0.15, 0.2) is 0 Å². The molecule has 0 unspecified atom stereocenters. The maximum Gasteiger partial charge on any atom is 0.240 e. The van der Waals surface area contributed by atoms with Crippen molar-refractivity contribution in [3.63, 3.8) is 0 Å². The normalized spacial score (nSPS) is 9.60. The topological polar surface area (TPSA) is 86.6 Å². The lowest BCUT2D eigenvalue weighted by Crippen LogP contribution is -2.12. The summed E-state index contributed by atoms with van der Waals surface area (Å²) in [6.07, 6.45) is 2.96. The average molecular weight is 340 g/mol. The highest BCUT2D eigenvalue weighted by Gasteiger charge is 1.97. The van der Waals surface area contributed by atoms with Crippen LogP contribution in [0.5, 0.6) is 11.5 Å². The second-order valence-electron chi connectivity index (χ2n) is 4.70. The third kappa shape index (κ3) is 6.81. The Kier molecular flexibility index (Phi) is 7.62. The molecule has 0 spiro atoms. The third-order valence-corrected chi connectivity index (χ3v) is 3.02. The zero-order chi connectivity index (χ0) is 17.7. The van der Waals surface area contributed by atoms with Gasteiger partial charge in [0.2, 0.25) is 12.2 Å². The van der Waals surface area contributed by atoms with Crippen LogP contribution in [0.1, 0.15) is 0 Å². The van der Waals surface area contributed by atoms with Crippen molar-refractivity contribution in [3.8, 4) is 11.5 Å². The first-order chi connectivity index (χ1) is 12.3. The van der Waals surface area contributed by atoms with E-state index in [9.17, 15) is 9.59 Å². The van der Waals surface area contributed by atoms with Crippen molar-refractivity contribution in [2.24, 2.45) is 9.98 Å². The second kappa shape index (κ2) is 10.5. The summed E-state index contributed by atoms with van der Waals surface area (Å²) >= 11 is 0. The SMILES string of the molecule is O=C=Nc1ccc(OCCOCCOc2ccc(N=C=O)cc2)cc1. The average Bonchev–Trinajstić information content (AvgIpc) is 2.64. The van der Waals surface area contributed by atoms with Crippen LogP contribution in [0.4, 0.5) is 11.4 Å². The molecule has 128 valence electrons. The molecule has 25 heavy (non-hydrogen) atoms. The number of isocyanates is 2. The number of rotatable bonds is 10. The van der Waals surface area contributed by atoms with Gasteiger partial charge in [0.25, 0.3) is 0 Å². The summed E-state index contributed by atoms with van der Waals surface area (Å²) in [5.41, 5.74) is 1.06. The van der Waals surface area contributed by atoms with Gasteiger partial charge in [-0.05, 0) is 48.5 Å². The van der Waals surface area contributed by atoms with E-state index in [-0.39, 0.29) is 0 Å². The fourth-order valence-corrected chi connectivity index (χ4v) is 1.88. The van der Waals surface area contributed by atoms with Crippen molar-refractivity contribution < 1.29 is 23.8 Å². The minimum Gasteiger partial charge on any atom is -0.491 e. The summed E-state index contributed by atoms with van der Waals surface area (Å²) < 4.78 is 16.4. The molecule has 0 N–H and O–H groups in total. The highest BCUT2D eigenvalue weighted by Crippen LogP contribution is 2.18. The smallest absolute Gasteiger partial charge is 0.240 e. The molecule has 0 saturated carbocycles. The predicted molar refractivity (Wildman–Crippen MR) is 90.3 cm³/mol. The molecule has 0 bridgehead atoms. The molecule has 7 heteroatoms. The van der Waals surface area contributed by atoms with Crippen molar-refractivity contribution in [1.82, 2.24) is 0 Å². The van der Waals surface area contributed by atoms with Crippen molar-refractivity contribution in [2.75, 3.05) is 26.4 Å². The predicted octanol–water partition coefficient (Wildman–Crippen LogP) is 3.10. The van der Waals surface area contributed by atoms with Crippen LogP contribution in [0.15, 0.2) is 58.5 Å². The quantitative estimate of drug-likeness (QED) is 0.377.